The first-order chi connectivity index (χ1) is 7.54. The summed E-state index contributed by atoms with van der Waals surface area (Å²) in [4.78, 5) is 11.6. The molecule has 0 saturated carbocycles. The molecule has 0 aliphatic heterocycles. The molecule has 0 amide bonds. The van der Waals surface area contributed by atoms with Gasteiger partial charge in [0.05, 0.1) is 12.2 Å². The fraction of sp³-hybridized carbons (Fsp3) is 0.273. The SMILES string of the molecule is CCOC(=O)c1cc(NC(N)=S)ccc1C. The number of ether oxygens (including phenoxy) is 1. The fourth-order valence-electron chi connectivity index (χ4n) is 1.27. The van der Waals surface area contributed by atoms with Crippen LogP contribution in [0.25, 0.3) is 0 Å². The lowest BCUT2D eigenvalue weighted by molar-refractivity contribution is 0.0525. The van der Waals surface area contributed by atoms with E-state index in [2.05, 4.69) is 5.32 Å². The summed E-state index contributed by atoms with van der Waals surface area (Å²) in [6.45, 7) is 3.96. The van der Waals surface area contributed by atoms with Crippen LogP contribution in [0.4, 0.5) is 5.69 Å². The van der Waals surface area contributed by atoms with Crippen molar-refractivity contribution in [1.82, 2.24) is 0 Å². The highest BCUT2D eigenvalue weighted by Gasteiger charge is 2.10. The standard InChI is InChI=1S/C11H14N2O2S/c1-3-15-10(14)9-6-8(13-11(12)16)5-4-7(9)2/h4-6H,3H2,1-2H3,(H3,12,13,16). The van der Waals surface area contributed by atoms with Gasteiger partial charge in [0.1, 0.15) is 0 Å². The highest BCUT2D eigenvalue weighted by atomic mass is 32.1. The van der Waals surface area contributed by atoms with Gasteiger partial charge >= 0.3 is 5.97 Å². The molecular formula is C11H14N2O2S. The summed E-state index contributed by atoms with van der Waals surface area (Å²) in [6, 6.07) is 5.29. The molecule has 0 aromatic heterocycles. The van der Waals surface area contributed by atoms with E-state index < -0.39 is 0 Å². The van der Waals surface area contributed by atoms with E-state index in [4.69, 9.17) is 22.7 Å². The fourth-order valence-corrected chi connectivity index (χ4v) is 1.39. The second-order valence-corrected chi connectivity index (χ2v) is 3.68. The van der Waals surface area contributed by atoms with Gasteiger partial charge in [0, 0.05) is 5.69 Å². The second kappa shape index (κ2) is 5.46. The van der Waals surface area contributed by atoms with Crippen LogP contribution in [0.1, 0.15) is 22.8 Å². The smallest absolute Gasteiger partial charge is 0.338 e. The first-order valence-corrected chi connectivity index (χ1v) is 5.29. The summed E-state index contributed by atoms with van der Waals surface area (Å²) in [7, 11) is 0. The Morgan fingerprint density at radius 3 is 2.81 bits per heavy atom. The molecule has 4 nitrogen and oxygen atoms in total. The van der Waals surface area contributed by atoms with Gasteiger partial charge in [-0.1, -0.05) is 6.07 Å². The van der Waals surface area contributed by atoms with Gasteiger partial charge in [-0.05, 0) is 43.8 Å². The van der Waals surface area contributed by atoms with Crippen LogP contribution in [-0.2, 0) is 4.74 Å². The summed E-state index contributed by atoms with van der Waals surface area (Å²) in [6.07, 6.45) is 0. The number of rotatable bonds is 3. The Bertz CT molecular complexity index is 418. The van der Waals surface area contributed by atoms with Crippen molar-refractivity contribution in [2.24, 2.45) is 5.73 Å². The number of carbonyl (C=O) groups excluding carboxylic acids is 1. The van der Waals surface area contributed by atoms with Gasteiger partial charge in [-0.15, -0.1) is 0 Å². The minimum absolute atomic E-state index is 0.165. The average Bonchev–Trinajstić information content (AvgIpc) is 2.20. The Kier molecular flexibility index (Phi) is 4.25. The molecular weight excluding hydrogens is 224 g/mol. The lowest BCUT2D eigenvalue weighted by atomic mass is 10.1. The Hall–Kier alpha value is -1.62. The van der Waals surface area contributed by atoms with Gasteiger partial charge in [0.15, 0.2) is 5.11 Å². The third kappa shape index (κ3) is 3.20. The highest BCUT2D eigenvalue weighted by molar-refractivity contribution is 7.80. The molecule has 86 valence electrons. The number of thiocarbonyl (C=S) groups is 1. The Labute approximate surface area is 99.8 Å². The number of esters is 1. The van der Waals surface area contributed by atoms with E-state index in [1.807, 2.05) is 13.0 Å². The van der Waals surface area contributed by atoms with Gasteiger partial charge in [0.25, 0.3) is 0 Å². The van der Waals surface area contributed by atoms with Gasteiger partial charge in [0.2, 0.25) is 0 Å². The van der Waals surface area contributed by atoms with Crippen molar-refractivity contribution in [3.63, 3.8) is 0 Å². The number of aryl methyl sites for hydroxylation is 1. The third-order valence-corrected chi connectivity index (χ3v) is 2.10. The van der Waals surface area contributed by atoms with Crippen molar-refractivity contribution < 1.29 is 9.53 Å². The lowest BCUT2D eigenvalue weighted by Gasteiger charge is -2.09. The van der Waals surface area contributed by atoms with E-state index in [0.29, 0.717) is 17.9 Å². The second-order valence-electron chi connectivity index (χ2n) is 3.24. The zero-order chi connectivity index (χ0) is 12.1. The number of hydrogen-bond donors (Lipinski definition) is 2. The van der Waals surface area contributed by atoms with Crippen molar-refractivity contribution in [2.75, 3.05) is 11.9 Å². The molecule has 0 saturated heterocycles. The number of nitrogens with one attached hydrogen (secondary N) is 1. The Morgan fingerprint density at radius 1 is 1.56 bits per heavy atom. The first kappa shape index (κ1) is 12.4. The molecule has 3 N–H and O–H groups in total. The zero-order valence-electron chi connectivity index (χ0n) is 9.24. The minimum atomic E-state index is -0.341. The summed E-state index contributed by atoms with van der Waals surface area (Å²) >= 11 is 4.72. The van der Waals surface area contributed by atoms with Crippen molar-refractivity contribution in [1.29, 1.82) is 0 Å². The van der Waals surface area contributed by atoms with E-state index in [1.54, 1.807) is 19.1 Å². The molecule has 0 aliphatic carbocycles. The summed E-state index contributed by atoms with van der Waals surface area (Å²) < 4.78 is 4.94. The largest absolute Gasteiger partial charge is 0.462 e. The van der Waals surface area contributed by atoms with E-state index in [1.165, 1.54) is 0 Å². The summed E-state index contributed by atoms with van der Waals surface area (Å²) in [5.41, 5.74) is 7.40. The molecule has 0 fully saturated rings. The minimum Gasteiger partial charge on any atom is -0.462 e. The van der Waals surface area contributed by atoms with Crippen molar-refractivity contribution in [3.8, 4) is 0 Å². The van der Waals surface area contributed by atoms with Crippen LogP contribution >= 0.6 is 12.2 Å². The molecule has 0 aliphatic rings. The number of benzene rings is 1. The monoisotopic (exact) mass is 238 g/mol. The molecule has 0 radical (unpaired) electrons. The predicted octanol–water partition coefficient (Wildman–Crippen LogP) is 1.83. The molecule has 0 atom stereocenters. The van der Waals surface area contributed by atoms with Gasteiger partial charge < -0.3 is 15.8 Å². The number of hydrogen-bond acceptors (Lipinski definition) is 3. The average molecular weight is 238 g/mol. The normalized spacial score (nSPS) is 9.62. The summed E-state index contributed by atoms with van der Waals surface area (Å²) in [5.74, 6) is -0.341. The van der Waals surface area contributed by atoms with Crippen LogP contribution in [0, 0.1) is 6.92 Å². The molecule has 0 spiro atoms. The molecule has 0 unspecified atom stereocenters. The van der Waals surface area contributed by atoms with Crippen LogP contribution in [-0.4, -0.2) is 17.7 Å². The molecule has 16 heavy (non-hydrogen) atoms. The third-order valence-electron chi connectivity index (χ3n) is 2.00. The van der Waals surface area contributed by atoms with Crippen LogP contribution in [0.3, 0.4) is 0 Å². The molecule has 1 aromatic rings. The van der Waals surface area contributed by atoms with E-state index in [9.17, 15) is 4.79 Å². The van der Waals surface area contributed by atoms with Crippen LogP contribution in [0.2, 0.25) is 0 Å². The van der Waals surface area contributed by atoms with Gasteiger partial charge in [-0.3, -0.25) is 0 Å². The Morgan fingerprint density at radius 2 is 2.25 bits per heavy atom. The summed E-state index contributed by atoms with van der Waals surface area (Å²) in [5, 5.41) is 2.94. The number of anilines is 1. The van der Waals surface area contributed by atoms with Crippen LogP contribution in [0.5, 0.6) is 0 Å². The highest BCUT2D eigenvalue weighted by Crippen LogP contribution is 2.16. The van der Waals surface area contributed by atoms with Crippen molar-refractivity contribution in [2.45, 2.75) is 13.8 Å². The first-order valence-electron chi connectivity index (χ1n) is 4.88. The lowest BCUT2D eigenvalue weighted by Crippen LogP contribution is -2.19. The maximum atomic E-state index is 11.6. The van der Waals surface area contributed by atoms with Crippen LogP contribution in [0.15, 0.2) is 18.2 Å². The molecule has 1 aromatic carbocycles. The number of carbonyl (C=O) groups is 1. The Balaban J connectivity index is 2.98. The van der Waals surface area contributed by atoms with Gasteiger partial charge in [-0.2, -0.15) is 0 Å². The molecule has 0 bridgehead atoms. The van der Waals surface area contributed by atoms with E-state index >= 15 is 0 Å². The number of nitrogens with two attached hydrogens (primary N) is 1. The van der Waals surface area contributed by atoms with Gasteiger partial charge in [-0.25, -0.2) is 4.79 Å². The van der Waals surface area contributed by atoms with Crippen LogP contribution < -0.4 is 11.1 Å². The molecule has 1 rings (SSSR count). The van der Waals surface area contributed by atoms with Crippen molar-refractivity contribution in [3.05, 3.63) is 29.3 Å². The topological polar surface area (TPSA) is 64.3 Å². The molecule has 0 heterocycles. The quantitative estimate of drug-likeness (QED) is 0.621. The molecule has 5 heteroatoms. The maximum Gasteiger partial charge on any atom is 0.338 e. The van der Waals surface area contributed by atoms with Crippen molar-refractivity contribution >= 4 is 29.0 Å². The maximum absolute atomic E-state index is 11.6. The van der Waals surface area contributed by atoms with E-state index in [-0.39, 0.29) is 11.1 Å². The predicted molar refractivity (Wildman–Crippen MR) is 67.5 cm³/mol. The van der Waals surface area contributed by atoms with E-state index in [0.717, 1.165) is 5.56 Å². The zero-order valence-corrected chi connectivity index (χ0v) is 10.1.